The van der Waals surface area contributed by atoms with Crippen LogP contribution in [0.25, 0.3) is 0 Å². The third-order valence-corrected chi connectivity index (χ3v) is 4.36. The van der Waals surface area contributed by atoms with Gasteiger partial charge in [0.15, 0.2) is 11.9 Å². The minimum atomic E-state index is -0.149. The van der Waals surface area contributed by atoms with Gasteiger partial charge in [-0.25, -0.2) is 9.97 Å². The lowest BCUT2D eigenvalue weighted by Crippen LogP contribution is -2.13. The number of hydrogen-bond donors (Lipinski definition) is 1. The maximum atomic E-state index is 6.02. The average Bonchev–Trinajstić information content (AvgIpc) is 2.87. The van der Waals surface area contributed by atoms with Gasteiger partial charge >= 0.3 is 0 Å². The summed E-state index contributed by atoms with van der Waals surface area (Å²) < 4.78 is 6.75. The van der Waals surface area contributed by atoms with Gasteiger partial charge in [-0.2, -0.15) is 0 Å². The van der Waals surface area contributed by atoms with Gasteiger partial charge in [-0.1, -0.05) is 32.0 Å². The predicted octanol–water partition coefficient (Wildman–Crippen LogP) is 3.70. The second-order valence-corrected chi connectivity index (χ2v) is 6.54. The molecule has 0 spiro atoms. The Labute approximate surface area is 132 Å². The van der Waals surface area contributed by atoms with E-state index < -0.39 is 0 Å². The van der Waals surface area contributed by atoms with Crippen LogP contribution in [0.1, 0.15) is 37.0 Å². The standard InChI is InChI=1S/C16H18BrN3O/c1-9(2)7-11-14(17)15(18)20-16(19-11)13-8-10-5-3-4-6-12(10)21-13/h3-6,9,13H,7-8H2,1-2H3,(H2,18,19,20). The van der Waals surface area contributed by atoms with Crippen molar-refractivity contribution in [3.8, 4) is 5.75 Å². The van der Waals surface area contributed by atoms with Gasteiger partial charge in [0.05, 0.1) is 10.2 Å². The summed E-state index contributed by atoms with van der Waals surface area (Å²) in [5, 5.41) is 0. The summed E-state index contributed by atoms with van der Waals surface area (Å²) in [6.45, 7) is 4.32. The van der Waals surface area contributed by atoms with Crippen molar-refractivity contribution in [2.75, 3.05) is 5.73 Å². The first kappa shape index (κ1) is 14.3. The summed E-state index contributed by atoms with van der Waals surface area (Å²) >= 11 is 3.49. The van der Waals surface area contributed by atoms with Gasteiger partial charge in [0.2, 0.25) is 0 Å². The van der Waals surface area contributed by atoms with Crippen molar-refractivity contribution in [3.05, 3.63) is 45.8 Å². The zero-order valence-electron chi connectivity index (χ0n) is 12.1. The molecule has 1 aliphatic heterocycles. The molecule has 2 heterocycles. The number of benzene rings is 1. The molecule has 0 fully saturated rings. The van der Waals surface area contributed by atoms with E-state index in [-0.39, 0.29) is 6.10 Å². The lowest BCUT2D eigenvalue weighted by atomic mass is 10.1. The highest BCUT2D eigenvalue weighted by atomic mass is 79.9. The summed E-state index contributed by atoms with van der Waals surface area (Å²) in [5.41, 5.74) is 8.16. The van der Waals surface area contributed by atoms with Crippen molar-refractivity contribution in [2.45, 2.75) is 32.8 Å². The highest BCUT2D eigenvalue weighted by Gasteiger charge is 2.27. The number of nitrogen functional groups attached to an aromatic ring is 1. The number of halogens is 1. The summed E-state index contributed by atoms with van der Waals surface area (Å²) in [7, 11) is 0. The van der Waals surface area contributed by atoms with Crippen LogP contribution in [0.15, 0.2) is 28.7 Å². The number of nitrogens with zero attached hydrogens (tertiary/aromatic N) is 2. The quantitative estimate of drug-likeness (QED) is 0.919. The minimum Gasteiger partial charge on any atom is -0.482 e. The van der Waals surface area contributed by atoms with Crippen LogP contribution in [-0.2, 0) is 12.8 Å². The van der Waals surface area contributed by atoms with E-state index in [1.807, 2.05) is 18.2 Å². The molecule has 110 valence electrons. The zero-order valence-corrected chi connectivity index (χ0v) is 13.7. The number of fused-ring (bicyclic) bond motifs is 1. The Bertz CT molecular complexity index is 648. The molecule has 0 bridgehead atoms. The van der Waals surface area contributed by atoms with Crippen molar-refractivity contribution in [1.29, 1.82) is 0 Å². The molecule has 2 aromatic rings. The first-order chi connectivity index (χ1) is 10.0. The Hall–Kier alpha value is -1.62. The second-order valence-electron chi connectivity index (χ2n) is 5.74. The van der Waals surface area contributed by atoms with Gasteiger partial charge < -0.3 is 10.5 Å². The van der Waals surface area contributed by atoms with Gasteiger partial charge in [-0.05, 0) is 39.9 Å². The van der Waals surface area contributed by atoms with Crippen molar-refractivity contribution >= 4 is 21.7 Å². The normalized spacial score (nSPS) is 16.9. The van der Waals surface area contributed by atoms with Gasteiger partial charge in [0.25, 0.3) is 0 Å². The summed E-state index contributed by atoms with van der Waals surface area (Å²) in [4.78, 5) is 9.08. The Kier molecular flexibility index (Phi) is 3.85. The summed E-state index contributed by atoms with van der Waals surface area (Å²) in [6.07, 6.45) is 1.50. The van der Waals surface area contributed by atoms with E-state index in [9.17, 15) is 0 Å². The highest BCUT2D eigenvalue weighted by Crippen LogP contribution is 2.36. The maximum Gasteiger partial charge on any atom is 0.172 e. The average molecular weight is 348 g/mol. The van der Waals surface area contributed by atoms with Crippen molar-refractivity contribution in [3.63, 3.8) is 0 Å². The molecule has 1 aromatic heterocycles. The van der Waals surface area contributed by atoms with E-state index >= 15 is 0 Å². The van der Waals surface area contributed by atoms with Crippen LogP contribution in [0, 0.1) is 5.92 Å². The molecule has 3 rings (SSSR count). The first-order valence-corrected chi connectivity index (χ1v) is 7.90. The van der Waals surface area contributed by atoms with Crippen LogP contribution in [0.2, 0.25) is 0 Å². The van der Waals surface area contributed by atoms with E-state index in [0.29, 0.717) is 17.6 Å². The molecule has 1 aliphatic rings. The Morgan fingerprint density at radius 3 is 2.81 bits per heavy atom. The molecule has 1 unspecified atom stereocenters. The lowest BCUT2D eigenvalue weighted by molar-refractivity contribution is 0.227. The van der Waals surface area contributed by atoms with E-state index in [1.54, 1.807) is 0 Å². The molecule has 0 radical (unpaired) electrons. The van der Waals surface area contributed by atoms with Gasteiger partial charge in [0, 0.05) is 6.42 Å². The SMILES string of the molecule is CC(C)Cc1nc(C2Cc3ccccc3O2)nc(N)c1Br. The molecular formula is C16H18BrN3O. The Balaban J connectivity index is 1.92. The number of ether oxygens (including phenoxy) is 1. The van der Waals surface area contributed by atoms with Gasteiger partial charge in [-0.3, -0.25) is 0 Å². The molecular weight excluding hydrogens is 330 g/mol. The van der Waals surface area contributed by atoms with Gasteiger partial charge in [-0.15, -0.1) is 0 Å². The molecule has 2 N–H and O–H groups in total. The molecule has 0 aliphatic carbocycles. The van der Waals surface area contributed by atoms with Crippen LogP contribution >= 0.6 is 15.9 Å². The fourth-order valence-electron chi connectivity index (χ4n) is 2.52. The fourth-order valence-corrected chi connectivity index (χ4v) is 2.86. The fraction of sp³-hybridized carbons (Fsp3) is 0.375. The smallest absolute Gasteiger partial charge is 0.172 e. The van der Waals surface area contributed by atoms with E-state index in [2.05, 4.69) is 45.8 Å². The Morgan fingerprint density at radius 2 is 2.10 bits per heavy atom. The number of anilines is 1. The van der Waals surface area contributed by atoms with E-state index in [1.165, 1.54) is 5.56 Å². The van der Waals surface area contributed by atoms with Crippen LogP contribution in [0.5, 0.6) is 5.75 Å². The predicted molar refractivity (Wildman–Crippen MR) is 86.2 cm³/mol. The van der Waals surface area contributed by atoms with E-state index in [0.717, 1.165) is 28.8 Å². The third-order valence-electron chi connectivity index (χ3n) is 3.50. The second kappa shape index (κ2) is 5.64. The summed E-state index contributed by atoms with van der Waals surface area (Å²) in [6, 6.07) is 8.05. The molecule has 5 heteroatoms. The number of para-hydroxylation sites is 1. The number of aromatic nitrogens is 2. The number of rotatable bonds is 3. The van der Waals surface area contributed by atoms with E-state index in [4.69, 9.17) is 10.5 Å². The number of hydrogen-bond acceptors (Lipinski definition) is 4. The zero-order chi connectivity index (χ0) is 15.0. The molecule has 1 aromatic carbocycles. The first-order valence-electron chi connectivity index (χ1n) is 7.11. The minimum absolute atomic E-state index is 0.149. The van der Waals surface area contributed by atoms with Crippen molar-refractivity contribution < 1.29 is 4.74 Å². The monoisotopic (exact) mass is 347 g/mol. The molecule has 21 heavy (non-hydrogen) atoms. The molecule has 0 amide bonds. The van der Waals surface area contributed by atoms with Gasteiger partial charge in [0.1, 0.15) is 11.6 Å². The topological polar surface area (TPSA) is 61.0 Å². The third kappa shape index (κ3) is 2.88. The van der Waals surface area contributed by atoms with Crippen LogP contribution in [0.3, 0.4) is 0 Å². The van der Waals surface area contributed by atoms with Crippen molar-refractivity contribution in [1.82, 2.24) is 9.97 Å². The van der Waals surface area contributed by atoms with Crippen LogP contribution in [-0.4, -0.2) is 9.97 Å². The molecule has 0 saturated carbocycles. The van der Waals surface area contributed by atoms with Crippen LogP contribution < -0.4 is 10.5 Å². The maximum absolute atomic E-state index is 6.02. The lowest BCUT2D eigenvalue weighted by Gasteiger charge is -2.14. The highest BCUT2D eigenvalue weighted by molar-refractivity contribution is 9.10. The molecule has 4 nitrogen and oxygen atoms in total. The summed E-state index contributed by atoms with van der Waals surface area (Å²) in [5.74, 6) is 2.57. The largest absolute Gasteiger partial charge is 0.482 e. The Morgan fingerprint density at radius 1 is 1.33 bits per heavy atom. The molecule has 0 saturated heterocycles. The van der Waals surface area contributed by atoms with Crippen LogP contribution in [0.4, 0.5) is 5.82 Å². The molecule has 1 atom stereocenters. The number of nitrogens with two attached hydrogens (primary N) is 1. The van der Waals surface area contributed by atoms with Crippen molar-refractivity contribution in [2.24, 2.45) is 5.92 Å².